The second-order valence-corrected chi connectivity index (χ2v) is 3.04. The number of hydrogen-bond donors (Lipinski definition) is 1. The van der Waals surface area contributed by atoms with Crippen molar-refractivity contribution in [2.24, 2.45) is 5.73 Å². The molecule has 1 aromatic heterocycles. The zero-order chi connectivity index (χ0) is 10.1. The lowest BCUT2D eigenvalue weighted by Crippen LogP contribution is -2.18. The van der Waals surface area contributed by atoms with Gasteiger partial charge in [-0.3, -0.25) is 0 Å². The lowest BCUT2D eigenvalue weighted by atomic mass is 10.0. The Kier molecular flexibility index (Phi) is 2.66. The van der Waals surface area contributed by atoms with Crippen LogP contribution in [-0.4, -0.2) is 10.9 Å². The molecule has 1 aromatic rings. The Morgan fingerprint density at radius 1 is 1.69 bits per heavy atom. The normalized spacial score (nSPS) is 14.5. The SMILES string of the molecule is CC(c1cnc(CN)o1)C(C)(F)F. The molecule has 74 valence electrons. The second kappa shape index (κ2) is 3.41. The second-order valence-electron chi connectivity index (χ2n) is 3.04. The summed E-state index contributed by atoms with van der Waals surface area (Å²) < 4.78 is 30.6. The minimum absolute atomic E-state index is 0.127. The van der Waals surface area contributed by atoms with Gasteiger partial charge in [0.15, 0.2) is 0 Å². The zero-order valence-electron chi connectivity index (χ0n) is 7.55. The third kappa shape index (κ3) is 2.24. The van der Waals surface area contributed by atoms with Crippen LogP contribution in [0.4, 0.5) is 8.78 Å². The number of alkyl halides is 2. The first-order valence-electron chi connectivity index (χ1n) is 3.97. The van der Waals surface area contributed by atoms with Crippen molar-refractivity contribution in [3.63, 3.8) is 0 Å². The quantitative estimate of drug-likeness (QED) is 0.791. The fourth-order valence-corrected chi connectivity index (χ4v) is 0.869. The minimum atomic E-state index is -2.80. The van der Waals surface area contributed by atoms with Gasteiger partial charge in [-0.2, -0.15) is 0 Å². The summed E-state index contributed by atoms with van der Waals surface area (Å²) in [4.78, 5) is 3.74. The summed E-state index contributed by atoms with van der Waals surface area (Å²) >= 11 is 0. The van der Waals surface area contributed by atoms with E-state index in [9.17, 15) is 8.78 Å². The first-order chi connectivity index (χ1) is 5.95. The van der Waals surface area contributed by atoms with Gasteiger partial charge in [0, 0.05) is 6.92 Å². The van der Waals surface area contributed by atoms with Crippen LogP contribution in [0.1, 0.15) is 31.4 Å². The van der Waals surface area contributed by atoms with Crippen LogP contribution < -0.4 is 5.73 Å². The molecule has 0 bridgehead atoms. The summed E-state index contributed by atoms with van der Waals surface area (Å²) in [6.07, 6.45) is 1.30. The summed E-state index contributed by atoms with van der Waals surface area (Å²) in [5.41, 5.74) is 5.23. The van der Waals surface area contributed by atoms with E-state index in [1.165, 1.54) is 13.1 Å². The highest BCUT2D eigenvalue weighted by Gasteiger charge is 2.33. The van der Waals surface area contributed by atoms with E-state index in [0.717, 1.165) is 6.92 Å². The number of rotatable bonds is 3. The molecule has 1 atom stereocenters. The summed E-state index contributed by atoms with van der Waals surface area (Å²) in [7, 11) is 0. The average Bonchev–Trinajstić information content (AvgIpc) is 2.48. The van der Waals surface area contributed by atoms with E-state index in [-0.39, 0.29) is 18.2 Å². The molecule has 0 aliphatic heterocycles. The van der Waals surface area contributed by atoms with Crippen molar-refractivity contribution >= 4 is 0 Å². The van der Waals surface area contributed by atoms with Gasteiger partial charge in [-0.25, -0.2) is 13.8 Å². The summed E-state index contributed by atoms with van der Waals surface area (Å²) in [5, 5.41) is 0. The van der Waals surface area contributed by atoms with Crippen LogP contribution in [0.25, 0.3) is 0 Å². The Balaban J connectivity index is 2.83. The van der Waals surface area contributed by atoms with Crippen LogP contribution >= 0.6 is 0 Å². The van der Waals surface area contributed by atoms with E-state index in [4.69, 9.17) is 10.2 Å². The number of hydrogen-bond acceptors (Lipinski definition) is 3. The van der Waals surface area contributed by atoms with E-state index >= 15 is 0 Å². The van der Waals surface area contributed by atoms with Crippen LogP contribution in [0.3, 0.4) is 0 Å². The molecule has 1 rings (SSSR count). The van der Waals surface area contributed by atoms with Gasteiger partial charge in [-0.15, -0.1) is 0 Å². The molecule has 2 N–H and O–H groups in total. The van der Waals surface area contributed by atoms with Gasteiger partial charge >= 0.3 is 0 Å². The van der Waals surface area contributed by atoms with E-state index in [0.29, 0.717) is 0 Å². The zero-order valence-corrected chi connectivity index (χ0v) is 7.55. The molecule has 0 aromatic carbocycles. The Hall–Kier alpha value is -0.970. The van der Waals surface area contributed by atoms with Crippen molar-refractivity contribution < 1.29 is 13.2 Å². The van der Waals surface area contributed by atoms with Crippen molar-refractivity contribution in [2.75, 3.05) is 0 Å². The van der Waals surface area contributed by atoms with Crippen LogP contribution in [0.5, 0.6) is 0 Å². The third-order valence-electron chi connectivity index (χ3n) is 1.93. The number of nitrogens with two attached hydrogens (primary N) is 1. The maximum absolute atomic E-state index is 12.8. The maximum atomic E-state index is 12.8. The van der Waals surface area contributed by atoms with Crippen LogP contribution in [0.2, 0.25) is 0 Å². The maximum Gasteiger partial charge on any atom is 0.254 e. The fourth-order valence-electron chi connectivity index (χ4n) is 0.869. The average molecular weight is 190 g/mol. The number of halogens is 2. The number of nitrogens with zero attached hydrogens (tertiary/aromatic N) is 1. The Bertz CT molecular complexity index is 280. The molecule has 0 amide bonds. The first-order valence-corrected chi connectivity index (χ1v) is 3.97. The molecule has 0 saturated heterocycles. The van der Waals surface area contributed by atoms with Gasteiger partial charge in [0.05, 0.1) is 18.7 Å². The largest absolute Gasteiger partial charge is 0.444 e. The number of aromatic nitrogens is 1. The summed E-state index contributed by atoms with van der Waals surface area (Å²) in [5.74, 6) is -3.31. The lowest BCUT2D eigenvalue weighted by molar-refractivity contribution is -0.00856. The molecular weight excluding hydrogens is 178 g/mol. The first kappa shape index (κ1) is 10.1. The number of oxazole rings is 1. The van der Waals surface area contributed by atoms with Gasteiger partial charge in [-0.05, 0) is 6.92 Å². The molecule has 0 fully saturated rings. The molecule has 0 aliphatic carbocycles. The van der Waals surface area contributed by atoms with Crippen LogP contribution in [0, 0.1) is 0 Å². The standard InChI is InChI=1S/C8H12F2N2O/c1-5(8(2,9)10)6-4-12-7(3-11)13-6/h4-5H,3,11H2,1-2H3. The van der Waals surface area contributed by atoms with E-state index in [1.54, 1.807) is 0 Å². The van der Waals surface area contributed by atoms with Crippen molar-refractivity contribution in [1.29, 1.82) is 0 Å². The van der Waals surface area contributed by atoms with E-state index in [2.05, 4.69) is 4.98 Å². The molecule has 5 heteroatoms. The third-order valence-corrected chi connectivity index (χ3v) is 1.93. The topological polar surface area (TPSA) is 52.0 Å². The molecule has 3 nitrogen and oxygen atoms in total. The van der Waals surface area contributed by atoms with E-state index < -0.39 is 11.8 Å². The highest BCUT2D eigenvalue weighted by Crippen LogP contribution is 2.32. The predicted molar refractivity (Wildman–Crippen MR) is 43.4 cm³/mol. The molecule has 1 heterocycles. The highest BCUT2D eigenvalue weighted by atomic mass is 19.3. The highest BCUT2D eigenvalue weighted by molar-refractivity contribution is 5.04. The van der Waals surface area contributed by atoms with Crippen molar-refractivity contribution in [1.82, 2.24) is 4.98 Å². The van der Waals surface area contributed by atoms with Crippen molar-refractivity contribution in [2.45, 2.75) is 32.2 Å². The Labute approximate surface area is 74.9 Å². The lowest BCUT2D eigenvalue weighted by Gasteiger charge is -2.15. The molecule has 0 spiro atoms. The fraction of sp³-hybridized carbons (Fsp3) is 0.625. The molecule has 0 saturated carbocycles. The molecule has 1 unspecified atom stereocenters. The smallest absolute Gasteiger partial charge is 0.254 e. The van der Waals surface area contributed by atoms with Crippen LogP contribution in [0.15, 0.2) is 10.6 Å². The van der Waals surface area contributed by atoms with Gasteiger partial charge in [0.25, 0.3) is 5.92 Å². The monoisotopic (exact) mass is 190 g/mol. The minimum Gasteiger partial charge on any atom is -0.444 e. The van der Waals surface area contributed by atoms with Crippen LogP contribution in [-0.2, 0) is 6.54 Å². The van der Waals surface area contributed by atoms with Gasteiger partial charge in [-0.1, -0.05) is 0 Å². The Morgan fingerprint density at radius 3 is 2.69 bits per heavy atom. The van der Waals surface area contributed by atoms with Crippen molar-refractivity contribution in [3.05, 3.63) is 17.8 Å². The van der Waals surface area contributed by atoms with Gasteiger partial charge < -0.3 is 10.2 Å². The molecule has 0 radical (unpaired) electrons. The molecular formula is C8H12F2N2O. The van der Waals surface area contributed by atoms with Gasteiger partial charge in [0.2, 0.25) is 5.89 Å². The molecule has 13 heavy (non-hydrogen) atoms. The van der Waals surface area contributed by atoms with E-state index in [1.807, 2.05) is 0 Å². The van der Waals surface area contributed by atoms with Gasteiger partial charge in [0.1, 0.15) is 5.76 Å². The summed E-state index contributed by atoms with van der Waals surface area (Å²) in [6, 6.07) is 0. The summed E-state index contributed by atoms with van der Waals surface area (Å²) in [6.45, 7) is 2.37. The predicted octanol–water partition coefficient (Wildman–Crippen LogP) is 1.89. The van der Waals surface area contributed by atoms with Crippen molar-refractivity contribution in [3.8, 4) is 0 Å². The molecule has 0 aliphatic rings. The Morgan fingerprint density at radius 2 is 2.31 bits per heavy atom.